The Kier molecular flexibility index (Phi) is 3.07. The molecular weight excluding hydrogens is 271 g/mol. The molecule has 0 bridgehead atoms. The fourth-order valence-electron chi connectivity index (χ4n) is 2.32. The van der Waals surface area contributed by atoms with E-state index in [-0.39, 0.29) is 6.04 Å². The van der Waals surface area contributed by atoms with Crippen molar-refractivity contribution in [2.45, 2.75) is 18.6 Å². The number of nitrogens with zero attached hydrogens (tertiary/aromatic N) is 5. The fourth-order valence-corrected chi connectivity index (χ4v) is 2.32. The van der Waals surface area contributed by atoms with Crippen molar-refractivity contribution in [3.63, 3.8) is 0 Å². The third-order valence-corrected chi connectivity index (χ3v) is 3.38. The highest BCUT2D eigenvalue weighted by Crippen LogP contribution is 2.30. The summed E-state index contributed by atoms with van der Waals surface area (Å²) < 4.78 is 39.2. The van der Waals surface area contributed by atoms with Gasteiger partial charge in [0.1, 0.15) is 5.82 Å². The average Bonchev–Trinajstić information content (AvgIpc) is 3.09. The van der Waals surface area contributed by atoms with Crippen LogP contribution < -0.4 is 4.90 Å². The van der Waals surface area contributed by atoms with Crippen molar-refractivity contribution in [2.24, 2.45) is 0 Å². The molecule has 106 valence electrons. The molecule has 3 rings (SSSR count). The van der Waals surface area contributed by atoms with Crippen molar-refractivity contribution in [1.29, 1.82) is 0 Å². The van der Waals surface area contributed by atoms with Crippen LogP contribution in [0, 0.1) is 0 Å². The Hall–Kier alpha value is -2.12. The molecule has 0 radical (unpaired) electrons. The molecule has 0 N–H and O–H groups in total. The summed E-state index contributed by atoms with van der Waals surface area (Å²) in [6, 6.07) is 2.65. The zero-order valence-electron chi connectivity index (χ0n) is 10.5. The van der Waals surface area contributed by atoms with Crippen molar-refractivity contribution >= 4 is 5.82 Å². The SMILES string of the molecule is FC(F)(F)c1ccc(N2CCC(n3ccnn3)C2)nc1. The number of rotatable bonds is 2. The minimum Gasteiger partial charge on any atom is -0.354 e. The maximum Gasteiger partial charge on any atom is 0.417 e. The Labute approximate surface area is 113 Å². The molecule has 0 spiro atoms. The number of aromatic nitrogens is 4. The lowest BCUT2D eigenvalue weighted by Crippen LogP contribution is -2.22. The van der Waals surface area contributed by atoms with E-state index in [0.29, 0.717) is 12.4 Å². The lowest BCUT2D eigenvalue weighted by atomic mass is 10.2. The van der Waals surface area contributed by atoms with Crippen LogP contribution in [0.25, 0.3) is 0 Å². The van der Waals surface area contributed by atoms with Gasteiger partial charge in [0.2, 0.25) is 0 Å². The Bertz CT molecular complexity index is 564. The standard InChI is InChI=1S/C12H12F3N5/c13-12(14,15)9-1-2-11(16-7-9)19-5-3-10(8-19)20-6-4-17-18-20/h1-2,4,6-7,10H,3,5,8H2. The molecule has 1 fully saturated rings. The van der Waals surface area contributed by atoms with E-state index in [0.717, 1.165) is 25.2 Å². The number of anilines is 1. The Morgan fingerprint density at radius 2 is 2.10 bits per heavy atom. The van der Waals surface area contributed by atoms with Crippen LogP contribution in [-0.2, 0) is 6.18 Å². The van der Waals surface area contributed by atoms with E-state index in [2.05, 4.69) is 15.3 Å². The minimum absolute atomic E-state index is 0.182. The molecule has 1 aliphatic rings. The predicted octanol–water partition coefficient (Wildman–Crippen LogP) is 2.14. The highest BCUT2D eigenvalue weighted by atomic mass is 19.4. The topological polar surface area (TPSA) is 46.8 Å². The van der Waals surface area contributed by atoms with Crippen molar-refractivity contribution in [2.75, 3.05) is 18.0 Å². The third kappa shape index (κ3) is 2.45. The van der Waals surface area contributed by atoms with Crippen LogP contribution in [0.5, 0.6) is 0 Å². The van der Waals surface area contributed by atoms with Crippen LogP contribution in [-0.4, -0.2) is 33.1 Å². The summed E-state index contributed by atoms with van der Waals surface area (Å²) >= 11 is 0. The zero-order chi connectivity index (χ0) is 14.2. The predicted molar refractivity (Wildman–Crippen MR) is 65.1 cm³/mol. The molecule has 1 atom stereocenters. The van der Waals surface area contributed by atoms with Gasteiger partial charge in [0.05, 0.1) is 17.8 Å². The first-order valence-electron chi connectivity index (χ1n) is 6.18. The highest BCUT2D eigenvalue weighted by Gasteiger charge is 2.31. The molecule has 2 aromatic heterocycles. The summed E-state index contributed by atoms with van der Waals surface area (Å²) in [5, 5.41) is 7.70. The van der Waals surface area contributed by atoms with Gasteiger partial charge in [0.25, 0.3) is 0 Å². The second kappa shape index (κ2) is 4.77. The summed E-state index contributed by atoms with van der Waals surface area (Å²) in [5.41, 5.74) is -0.728. The van der Waals surface area contributed by atoms with Crippen molar-refractivity contribution < 1.29 is 13.2 Å². The molecule has 5 nitrogen and oxygen atoms in total. The number of pyridine rings is 1. The molecule has 1 aliphatic heterocycles. The third-order valence-electron chi connectivity index (χ3n) is 3.38. The molecule has 3 heterocycles. The van der Waals surface area contributed by atoms with Crippen LogP contribution >= 0.6 is 0 Å². The van der Waals surface area contributed by atoms with Crippen LogP contribution in [0.2, 0.25) is 0 Å². The van der Waals surface area contributed by atoms with Crippen LogP contribution in [0.4, 0.5) is 19.0 Å². The van der Waals surface area contributed by atoms with Crippen molar-refractivity contribution in [1.82, 2.24) is 20.0 Å². The van der Waals surface area contributed by atoms with Gasteiger partial charge in [-0.2, -0.15) is 13.2 Å². The Morgan fingerprint density at radius 3 is 2.70 bits per heavy atom. The average molecular weight is 283 g/mol. The molecule has 1 unspecified atom stereocenters. The van der Waals surface area contributed by atoms with Gasteiger partial charge in [-0.05, 0) is 18.6 Å². The summed E-state index contributed by atoms with van der Waals surface area (Å²) in [4.78, 5) is 5.85. The van der Waals surface area contributed by atoms with Gasteiger partial charge >= 0.3 is 6.18 Å². The number of halogens is 3. The quantitative estimate of drug-likeness (QED) is 0.847. The highest BCUT2D eigenvalue weighted by molar-refractivity contribution is 5.41. The van der Waals surface area contributed by atoms with Gasteiger partial charge in [-0.3, -0.25) is 0 Å². The molecule has 8 heteroatoms. The molecule has 0 saturated carbocycles. The lowest BCUT2D eigenvalue weighted by molar-refractivity contribution is -0.137. The number of alkyl halides is 3. The Balaban J connectivity index is 1.72. The zero-order valence-corrected chi connectivity index (χ0v) is 10.5. The van der Waals surface area contributed by atoms with Gasteiger partial charge in [-0.15, -0.1) is 5.10 Å². The molecule has 0 aliphatic carbocycles. The lowest BCUT2D eigenvalue weighted by Gasteiger charge is -2.18. The van der Waals surface area contributed by atoms with E-state index >= 15 is 0 Å². The van der Waals surface area contributed by atoms with Crippen molar-refractivity contribution in [3.8, 4) is 0 Å². The molecule has 0 aromatic carbocycles. The monoisotopic (exact) mass is 283 g/mol. The number of hydrogen-bond acceptors (Lipinski definition) is 4. The van der Waals surface area contributed by atoms with E-state index in [1.807, 2.05) is 4.90 Å². The summed E-state index contributed by atoms with van der Waals surface area (Å²) in [6.07, 6.45) is 0.789. The fraction of sp³-hybridized carbons (Fsp3) is 0.417. The van der Waals surface area contributed by atoms with Gasteiger partial charge in [0, 0.05) is 25.5 Å². The van der Waals surface area contributed by atoms with Crippen LogP contribution in [0.3, 0.4) is 0 Å². The second-order valence-corrected chi connectivity index (χ2v) is 4.67. The first-order chi connectivity index (χ1) is 9.54. The van der Waals surface area contributed by atoms with Gasteiger partial charge in [0.15, 0.2) is 0 Å². The smallest absolute Gasteiger partial charge is 0.354 e. The number of hydrogen-bond donors (Lipinski definition) is 0. The minimum atomic E-state index is -4.35. The summed E-state index contributed by atoms with van der Waals surface area (Å²) in [5.74, 6) is 0.556. The van der Waals surface area contributed by atoms with E-state index in [4.69, 9.17) is 0 Å². The van der Waals surface area contributed by atoms with Gasteiger partial charge in [-0.25, -0.2) is 9.67 Å². The van der Waals surface area contributed by atoms with E-state index < -0.39 is 11.7 Å². The first kappa shape index (κ1) is 12.9. The Morgan fingerprint density at radius 1 is 1.25 bits per heavy atom. The van der Waals surface area contributed by atoms with Crippen molar-refractivity contribution in [3.05, 3.63) is 36.3 Å². The second-order valence-electron chi connectivity index (χ2n) is 4.67. The van der Waals surface area contributed by atoms with E-state index in [9.17, 15) is 13.2 Å². The largest absolute Gasteiger partial charge is 0.417 e. The normalized spacial score (nSPS) is 19.6. The van der Waals surface area contributed by atoms with Crippen LogP contribution in [0.1, 0.15) is 18.0 Å². The molecule has 20 heavy (non-hydrogen) atoms. The molecule has 1 saturated heterocycles. The van der Waals surface area contributed by atoms with Crippen LogP contribution in [0.15, 0.2) is 30.7 Å². The maximum absolute atomic E-state index is 12.5. The molecule has 0 amide bonds. The van der Waals surface area contributed by atoms with Gasteiger partial charge in [-0.1, -0.05) is 5.21 Å². The van der Waals surface area contributed by atoms with E-state index in [1.165, 1.54) is 6.07 Å². The van der Waals surface area contributed by atoms with E-state index in [1.54, 1.807) is 17.1 Å². The molecule has 2 aromatic rings. The summed E-state index contributed by atoms with van der Waals surface area (Å²) in [6.45, 7) is 1.41. The summed E-state index contributed by atoms with van der Waals surface area (Å²) in [7, 11) is 0. The molecular formula is C12H12F3N5. The maximum atomic E-state index is 12.5. The first-order valence-corrected chi connectivity index (χ1v) is 6.18. The van der Waals surface area contributed by atoms with Gasteiger partial charge < -0.3 is 4.90 Å².